The Morgan fingerprint density at radius 1 is 1.19 bits per heavy atom. The number of fused-ring (bicyclic) bond motifs is 1. The van der Waals surface area contributed by atoms with Crippen molar-refractivity contribution in [1.82, 2.24) is 24.6 Å². The first-order valence-electron chi connectivity index (χ1n) is 7.58. The van der Waals surface area contributed by atoms with Crippen LogP contribution in [0.4, 0.5) is 4.39 Å². The molecule has 0 unspecified atom stereocenters. The van der Waals surface area contributed by atoms with Gasteiger partial charge in [-0.1, -0.05) is 35.5 Å². The van der Waals surface area contributed by atoms with E-state index in [0.717, 1.165) is 0 Å². The van der Waals surface area contributed by atoms with Crippen LogP contribution in [0.25, 0.3) is 17.0 Å². The van der Waals surface area contributed by atoms with Gasteiger partial charge in [0.25, 0.3) is 5.56 Å². The molecule has 0 amide bonds. The second kappa shape index (κ2) is 6.89. The molecular weight excluding hydrogens is 377 g/mol. The second-order valence-corrected chi connectivity index (χ2v) is 6.78. The van der Waals surface area contributed by atoms with E-state index in [1.54, 1.807) is 30.3 Å². The molecule has 0 aliphatic carbocycles. The molecule has 1 N–H and O–H groups in total. The number of H-pyrrole nitrogens is 1. The molecule has 26 heavy (non-hydrogen) atoms. The number of hydrogen-bond acceptors (Lipinski definition) is 5. The minimum atomic E-state index is -0.372. The Morgan fingerprint density at radius 2 is 2.04 bits per heavy atom. The lowest BCUT2D eigenvalue weighted by Crippen LogP contribution is -2.15. The van der Waals surface area contributed by atoms with Crippen molar-refractivity contribution >= 4 is 29.0 Å². The van der Waals surface area contributed by atoms with E-state index in [0.29, 0.717) is 38.7 Å². The van der Waals surface area contributed by atoms with E-state index < -0.39 is 0 Å². The van der Waals surface area contributed by atoms with E-state index in [2.05, 4.69) is 20.2 Å². The molecule has 130 valence electrons. The molecule has 0 saturated carbocycles. The zero-order valence-corrected chi connectivity index (χ0v) is 14.8. The van der Waals surface area contributed by atoms with Crippen molar-refractivity contribution in [1.29, 1.82) is 0 Å². The average molecular weight is 388 g/mol. The summed E-state index contributed by atoms with van der Waals surface area (Å²) in [5.74, 6) is 0.387. The Kier molecular flexibility index (Phi) is 4.44. The Hall–Kier alpha value is -2.71. The number of thioether (sulfide) groups is 1. The lowest BCUT2D eigenvalue weighted by atomic mass is 10.2. The summed E-state index contributed by atoms with van der Waals surface area (Å²) in [6.07, 6.45) is 1.53. The van der Waals surface area contributed by atoms with Gasteiger partial charge in [0, 0.05) is 18.0 Å². The Labute approximate surface area is 156 Å². The molecule has 0 atom stereocenters. The molecule has 0 fully saturated rings. The van der Waals surface area contributed by atoms with Crippen molar-refractivity contribution in [3.63, 3.8) is 0 Å². The molecule has 4 aromatic rings. The minimum absolute atomic E-state index is 0.213. The van der Waals surface area contributed by atoms with E-state index in [-0.39, 0.29) is 11.4 Å². The summed E-state index contributed by atoms with van der Waals surface area (Å²) < 4.78 is 15.2. The highest BCUT2D eigenvalue weighted by atomic mass is 35.5. The lowest BCUT2D eigenvalue weighted by molar-refractivity contribution is 0.630. The first kappa shape index (κ1) is 16.7. The van der Waals surface area contributed by atoms with Gasteiger partial charge < -0.3 is 0 Å². The number of aromatic amines is 1. The number of nitrogens with one attached hydrogen (secondary N) is 1. The van der Waals surface area contributed by atoms with Gasteiger partial charge in [0.05, 0.1) is 16.3 Å². The summed E-state index contributed by atoms with van der Waals surface area (Å²) in [7, 11) is 0. The van der Waals surface area contributed by atoms with Crippen LogP contribution in [-0.4, -0.2) is 24.6 Å². The Morgan fingerprint density at radius 3 is 2.88 bits per heavy atom. The zero-order chi connectivity index (χ0) is 18.1. The maximum atomic E-state index is 13.8. The molecule has 0 bridgehead atoms. The maximum absolute atomic E-state index is 13.8. The van der Waals surface area contributed by atoms with Crippen LogP contribution in [0.1, 0.15) is 5.69 Å². The predicted molar refractivity (Wildman–Crippen MR) is 97.8 cm³/mol. The largest absolute Gasteiger partial charge is 0.269 e. The number of nitrogens with zero attached hydrogens (tertiary/aromatic N) is 4. The number of halogens is 2. The maximum Gasteiger partial charge on any atom is 0.258 e. The molecule has 3 aromatic heterocycles. The molecule has 0 saturated heterocycles. The standard InChI is InChI=1S/C17H11ClFN5OS/c18-10-5-6-14-20-11(7-15(25)24(14)8-10)9-26-17-21-16(22-23-17)12-3-1-2-4-13(12)19/h1-8H,9H2,(H,21,22,23). The smallest absolute Gasteiger partial charge is 0.258 e. The zero-order valence-electron chi connectivity index (χ0n) is 13.2. The molecule has 0 spiro atoms. The van der Waals surface area contributed by atoms with Crippen molar-refractivity contribution in [2.45, 2.75) is 10.9 Å². The van der Waals surface area contributed by atoms with Gasteiger partial charge in [-0.15, -0.1) is 5.10 Å². The van der Waals surface area contributed by atoms with Gasteiger partial charge in [-0.3, -0.25) is 14.3 Å². The highest BCUT2D eigenvalue weighted by Gasteiger charge is 2.11. The molecule has 0 radical (unpaired) electrons. The fraction of sp³-hybridized carbons (Fsp3) is 0.0588. The normalized spacial score (nSPS) is 11.2. The van der Waals surface area contributed by atoms with Crippen molar-refractivity contribution in [3.8, 4) is 11.4 Å². The number of aromatic nitrogens is 5. The van der Waals surface area contributed by atoms with Gasteiger partial charge in [-0.2, -0.15) is 0 Å². The van der Waals surface area contributed by atoms with Gasteiger partial charge >= 0.3 is 0 Å². The van der Waals surface area contributed by atoms with Crippen molar-refractivity contribution in [3.05, 3.63) is 75.5 Å². The average Bonchev–Trinajstić information content (AvgIpc) is 3.10. The number of pyridine rings is 1. The fourth-order valence-corrected chi connectivity index (χ4v) is 3.27. The van der Waals surface area contributed by atoms with Crippen LogP contribution < -0.4 is 5.56 Å². The summed E-state index contributed by atoms with van der Waals surface area (Å²) in [5, 5.41) is 7.71. The molecule has 6 nitrogen and oxygen atoms in total. The van der Waals surface area contributed by atoms with Crippen LogP contribution >= 0.6 is 23.4 Å². The van der Waals surface area contributed by atoms with Crippen LogP contribution in [0.3, 0.4) is 0 Å². The van der Waals surface area contributed by atoms with Crippen molar-refractivity contribution in [2.75, 3.05) is 0 Å². The SMILES string of the molecule is O=c1cc(CSc2n[nH]c(-c3ccccc3F)n2)nc2ccc(Cl)cn12. The molecule has 9 heteroatoms. The first-order chi connectivity index (χ1) is 12.6. The van der Waals surface area contributed by atoms with Gasteiger partial charge in [-0.25, -0.2) is 14.4 Å². The van der Waals surface area contributed by atoms with Crippen molar-refractivity contribution < 1.29 is 4.39 Å². The van der Waals surface area contributed by atoms with Crippen LogP contribution in [0.15, 0.2) is 58.6 Å². The Balaban J connectivity index is 1.55. The summed E-state index contributed by atoms with van der Waals surface area (Å²) >= 11 is 7.20. The molecule has 4 rings (SSSR count). The topological polar surface area (TPSA) is 75.9 Å². The molecule has 0 aliphatic heterocycles. The number of hydrogen-bond donors (Lipinski definition) is 1. The van der Waals surface area contributed by atoms with Gasteiger partial charge in [0.15, 0.2) is 5.82 Å². The molecule has 0 aliphatic rings. The van der Waals surface area contributed by atoms with E-state index in [9.17, 15) is 9.18 Å². The lowest BCUT2D eigenvalue weighted by Gasteiger charge is -2.03. The van der Waals surface area contributed by atoms with E-state index in [1.165, 1.54) is 34.5 Å². The third-order valence-corrected chi connectivity index (χ3v) is 4.72. The van der Waals surface area contributed by atoms with Crippen LogP contribution in [0, 0.1) is 5.82 Å². The predicted octanol–water partition coefficient (Wildman–Crippen LogP) is 3.56. The monoisotopic (exact) mass is 387 g/mol. The van der Waals surface area contributed by atoms with E-state index in [4.69, 9.17) is 11.6 Å². The Bertz CT molecular complexity index is 1160. The highest BCUT2D eigenvalue weighted by molar-refractivity contribution is 7.98. The third kappa shape index (κ3) is 3.33. The highest BCUT2D eigenvalue weighted by Crippen LogP contribution is 2.23. The first-order valence-corrected chi connectivity index (χ1v) is 8.94. The van der Waals surface area contributed by atoms with Crippen molar-refractivity contribution in [2.24, 2.45) is 0 Å². The summed E-state index contributed by atoms with van der Waals surface area (Å²) in [6, 6.07) is 11.1. The number of benzene rings is 1. The third-order valence-electron chi connectivity index (χ3n) is 3.62. The molecule has 1 aromatic carbocycles. The van der Waals surface area contributed by atoms with Crippen LogP contribution in [0.5, 0.6) is 0 Å². The summed E-state index contributed by atoms with van der Waals surface area (Å²) in [4.78, 5) is 20.9. The summed E-state index contributed by atoms with van der Waals surface area (Å²) in [6.45, 7) is 0. The van der Waals surface area contributed by atoms with E-state index in [1.807, 2.05) is 0 Å². The quantitative estimate of drug-likeness (QED) is 0.542. The van der Waals surface area contributed by atoms with Gasteiger partial charge in [0.2, 0.25) is 5.16 Å². The van der Waals surface area contributed by atoms with Gasteiger partial charge in [0.1, 0.15) is 11.5 Å². The molecular formula is C17H11ClFN5OS. The van der Waals surface area contributed by atoms with Crippen LogP contribution in [0.2, 0.25) is 5.02 Å². The summed E-state index contributed by atoms with van der Waals surface area (Å²) in [5.41, 5.74) is 1.25. The second-order valence-electron chi connectivity index (χ2n) is 5.40. The van der Waals surface area contributed by atoms with Crippen LogP contribution in [-0.2, 0) is 5.75 Å². The van der Waals surface area contributed by atoms with E-state index >= 15 is 0 Å². The minimum Gasteiger partial charge on any atom is -0.269 e. The molecule has 3 heterocycles. The number of rotatable bonds is 4. The van der Waals surface area contributed by atoms with Gasteiger partial charge in [-0.05, 0) is 24.3 Å². The fourth-order valence-electron chi connectivity index (χ4n) is 2.42.